The van der Waals surface area contributed by atoms with Crippen molar-refractivity contribution in [2.24, 2.45) is 0 Å². The topological polar surface area (TPSA) is 53.1 Å². The van der Waals surface area contributed by atoms with Gasteiger partial charge in [0, 0.05) is 16.6 Å². The van der Waals surface area contributed by atoms with E-state index in [1.165, 1.54) is 24.3 Å². The molecule has 4 heteroatoms. The van der Waals surface area contributed by atoms with Gasteiger partial charge in [0.05, 0.1) is 0 Å². The van der Waals surface area contributed by atoms with Crippen molar-refractivity contribution in [3.8, 4) is 5.75 Å². The Morgan fingerprint density at radius 1 is 0.963 bits per heavy atom. The van der Waals surface area contributed by atoms with Crippen LogP contribution in [0.1, 0.15) is 22.4 Å². The van der Waals surface area contributed by atoms with Crippen LogP contribution in [-0.4, -0.2) is 16.4 Å². The van der Waals surface area contributed by atoms with Crippen LogP contribution in [0.5, 0.6) is 5.75 Å². The molecule has 0 aliphatic heterocycles. The summed E-state index contributed by atoms with van der Waals surface area (Å²) in [4.78, 5) is 16.0. The van der Waals surface area contributed by atoms with Gasteiger partial charge in [-0.05, 0) is 53.9 Å². The highest BCUT2D eigenvalue weighted by Crippen LogP contribution is 2.41. The summed E-state index contributed by atoms with van der Waals surface area (Å²) in [6, 6.07) is 20.3. The highest BCUT2D eigenvalue weighted by atomic mass is 19.1. The molecule has 0 bridgehead atoms. The van der Waals surface area contributed by atoms with Crippen LogP contribution >= 0.6 is 0 Å². The smallest absolute Gasteiger partial charge is 0.140 e. The second-order valence-electron chi connectivity index (χ2n) is 6.65. The predicted octanol–water partition coefficient (Wildman–Crippen LogP) is 4.85. The first-order valence-electron chi connectivity index (χ1n) is 8.66. The van der Waals surface area contributed by atoms with Gasteiger partial charge in [-0.1, -0.05) is 42.5 Å². The minimum Gasteiger partial charge on any atom is -0.508 e. The van der Waals surface area contributed by atoms with Crippen LogP contribution in [0, 0.1) is 12.7 Å². The molecule has 4 aromatic rings. The number of halogens is 1. The summed E-state index contributed by atoms with van der Waals surface area (Å²) >= 11 is 0. The van der Waals surface area contributed by atoms with Crippen molar-refractivity contribution < 1.29 is 14.3 Å². The quantitative estimate of drug-likeness (QED) is 0.512. The zero-order chi connectivity index (χ0) is 19.0. The largest absolute Gasteiger partial charge is 0.508 e. The Morgan fingerprint density at radius 3 is 2.37 bits per heavy atom. The molecule has 27 heavy (non-hydrogen) atoms. The summed E-state index contributed by atoms with van der Waals surface area (Å²) in [5.41, 5.74) is 2.48. The van der Waals surface area contributed by atoms with E-state index in [0.717, 1.165) is 22.8 Å². The zero-order valence-corrected chi connectivity index (χ0v) is 14.7. The summed E-state index contributed by atoms with van der Waals surface area (Å²) < 4.78 is 14.1. The molecule has 0 aliphatic carbocycles. The van der Waals surface area contributed by atoms with Gasteiger partial charge in [-0.25, -0.2) is 4.39 Å². The number of hydrogen-bond donors (Lipinski definition) is 2. The molecule has 0 aliphatic rings. The van der Waals surface area contributed by atoms with E-state index in [9.17, 15) is 14.3 Å². The molecule has 0 saturated carbocycles. The number of para-hydroxylation sites is 1. The van der Waals surface area contributed by atoms with Crippen molar-refractivity contribution in [3.63, 3.8) is 0 Å². The van der Waals surface area contributed by atoms with Crippen molar-refractivity contribution in [1.29, 1.82) is 0 Å². The molecule has 1 atom stereocenters. The number of benzene rings is 3. The summed E-state index contributed by atoms with van der Waals surface area (Å²) in [5.74, 6) is -0.308. The van der Waals surface area contributed by atoms with Crippen molar-refractivity contribution in [2.45, 2.75) is 12.3 Å². The molecule has 2 N–H and O–H groups in total. The molecule has 1 aromatic heterocycles. The lowest BCUT2D eigenvalue weighted by Gasteiger charge is -2.29. The van der Waals surface area contributed by atoms with Gasteiger partial charge < -0.3 is 14.9 Å². The van der Waals surface area contributed by atoms with E-state index < -0.39 is 11.2 Å². The van der Waals surface area contributed by atoms with Crippen LogP contribution in [0.2, 0.25) is 0 Å². The molecule has 0 radical (unpaired) electrons. The van der Waals surface area contributed by atoms with Crippen LogP contribution in [0.3, 0.4) is 0 Å². The Bertz CT molecular complexity index is 1130. The highest BCUT2D eigenvalue weighted by Gasteiger charge is 2.39. The van der Waals surface area contributed by atoms with Gasteiger partial charge in [-0.2, -0.15) is 0 Å². The minimum atomic E-state index is -1.22. The fourth-order valence-corrected chi connectivity index (χ4v) is 3.78. The third-order valence-corrected chi connectivity index (χ3v) is 5.14. The van der Waals surface area contributed by atoms with Gasteiger partial charge in [-0.3, -0.25) is 0 Å². The van der Waals surface area contributed by atoms with Crippen LogP contribution < -0.4 is 0 Å². The van der Waals surface area contributed by atoms with Gasteiger partial charge >= 0.3 is 0 Å². The van der Waals surface area contributed by atoms with Crippen LogP contribution in [0.4, 0.5) is 4.39 Å². The first-order valence-corrected chi connectivity index (χ1v) is 8.66. The van der Waals surface area contributed by atoms with Crippen molar-refractivity contribution in [3.05, 3.63) is 101 Å². The Morgan fingerprint density at radius 2 is 1.70 bits per heavy atom. The highest BCUT2D eigenvalue weighted by molar-refractivity contribution is 5.90. The summed E-state index contributed by atoms with van der Waals surface area (Å²) in [7, 11) is 0. The zero-order valence-electron chi connectivity index (χ0n) is 14.7. The lowest BCUT2D eigenvalue weighted by molar-refractivity contribution is -0.110. The van der Waals surface area contributed by atoms with Crippen LogP contribution in [-0.2, 0) is 10.2 Å². The number of fused-ring (bicyclic) bond motifs is 1. The number of H-pyrrole nitrogens is 1. The molecule has 3 nitrogen and oxygen atoms in total. The molecule has 0 fully saturated rings. The van der Waals surface area contributed by atoms with Crippen LogP contribution in [0.15, 0.2) is 72.8 Å². The lowest BCUT2D eigenvalue weighted by atomic mass is 9.72. The van der Waals surface area contributed by atoms with Crippen molar-refractivity contribution in [1.82, 2.24) is 4.98 Å². The molecular weight excluding hydrogens is 341 g/mol. The fourth-order valence-electron chi connectivity index (χ4n) is 3.78. The summed E-state index contributed by atoms with van der Waals surface area (Å²) in [6.45, 7) is 1.95. The Labute approximate surface area is 156 Å². The standard InChI is InChI=1S/C23H18FNO2/c1-15-20-7-2-3-8-21(20)25-22(15)23(14-26,16-9-11-19(27)12-10-16)17-5-4-6-18(24)13-17/h2-14,25,27H,1H3/t23-/m0/s1. The van der Waals surface area contributed by atoms with Gasteiger partial charge in [0.2, 0.25) is 0 Å². The van der Waals surface area contributed by atoms with E-state index in [1.807, 2.05) is 31.2 Å². The number of carbonyl (C=O) groups is 1. The first kappa shape index (κ1) is 17.0. The van der Waals surface area contributed by atoms with Gasteiger partial charge in [0.1, 0.15) is 23.3 Å². The number of nitrogens with one attached hydrogen (secondary N) is 1. The molecule has 0 spiro atoms. The Balaban J connectivity index is 2.10. The first-order chi connectivity index (χ1) is 13.1. The average Bonchev–Trinajstić information content (AvgIpc) is 3.02. The molecular formula is C23H18FNO2. The number of carbonyl (C=O) groups excluding carboxylic acids is 1. The minimum absolute atomic E-state index is 0.103. The molecule has 0 unspecified atom stereocenters. The number of aromatic hydroxyl groups is 1. The van der Waals surface area contributed by atoms with E-state index in [4.69, 9.17) is 0 Å². The maximum absolute atomic E-state index is 14.1. The van der Waals surface area contributed by atoms with Gasteiger partial charge in [0.25, 0.3) is 0 Å². The maximum Gasteiger partial charge on any atom is 0.140 e. The van der Waals surface area contributed by atoms with E-state index in [2.05, 4.69) is 4.98 Å². The van der Waals surface area contributed by atoms with E-state index >= 15 is 0 Å². The summed E-state index contributed by atoms with van der Waals surface area (Å²) in [6.07, 6.45) is 0.839. The van der Waals surface area contributed by atoms with E-state index in [1.54, 1.807) is 24.3 Å². The van der Waals surface area contributed by atoms with Crippen molar-refractivity contribution >= 4 is 17.2 Å². The maximum atomic E-state index is 14.1. The second-order valence-corrected chi connectivity index (χ2v) is 6.65. The number of hydrogen-bond acceptors (Lipinski definition) is 2. The lowest BCUT2D eigenvalue weighted by Crippen LogP contribution is -2.32. The normalized spacial score (nSPS) is 13.4. The van der Waals surface area contributed by atoms with E-state index in [-0.39, 0.29) is 5.75 Å². The Kier molecular flexibility index (Phi) is 4.04. The molecule has 0 amide bonds. The third kappa shape index (κ3) is 2.61. The number of rotatable bonds is 4. The van der Waals surface area contributed by atoms with Crippen LogP contribution in [0.25, 0.3) is 10.9 Å². The molecule has 1 heterocycles. The number of phenols is 1. The molecule has 4 rings (SSSR count). The third-order valence-electron chi connectivity index (χ3n) is 5.14. The fraction of sp³-hybridized carbons (Fsp3) is 0.0870. The monoisotopic (exact) mass is 359 g/mol. The number of aldehydes is 1. The number of aromatic amines is 1. The summed E-state index contributed by atoms with van der Waals surface area (Å²) in [5, 5.41) is 10.7. The van der Waals surface area contributed by atoms with Gasteiger partial charge in [0.15, 0.2) is 0 Å². The number of phenolic OH excluding ortho intramolecular Hbond substituents is 1. The molecule has 3 aromatic carbocycles. The van der Waals surface area contributed by atoms with E-state index in [0.29, 0.717) is 16.8 Å². The Hall–Kier alpha value is -3.40. The second kappa shape index (κ2) is 6.40. The number of aromatic nitrogens is 1. The van der Waals surface area contributed by atoms with Crippen molar-refractivity contribution in [2.75, 3.05) is 0 Å². The predicted molar refractivity (Wildman–Crippen MR) is 103 cm³/mol. The molecule has 0 saturated heterocycles. The average molecular weight is 359 g/mol. The van der Waals surface area contributed by atoms with Gasteiger partial charge in [-0.15, -0.1) is 0 Å². The molecule has 134 valence electrons. The number of aryl methyl sites for hydroxylation is 1. The SMILES string of the molecule is Cc1c([C@@](C=O)(c2ccc(O)cc2)c2cccc(F)c2)[nH]c2ccccc12.